The van der Waals surface area contributed by atoms with Crippen molar-refractivity contribution in [2.24, 2.45) is 0 Å². The van der Waals surface area contributed by atoms with Gasteiger partial charge in [-0.05, 0) is 31.2 Å². The van der Waals surface area contributed by atoms with Crippen LogP contribution in [0.25, 0.3) is 0 Å². The lowest BCUT2D eigenvalue weighted by Gasteiger charge is -1.98. The molecule has 0 saturated carbocycles. The molecule has 2 N–H and O–H groups in total. The summed E-state index contributed by atoms with van der Waals surface area (Å²) in [7, 11) is 0. The van der Waals surface area contributed by atoms with Gasteiger partial charge in [0.1, 0.15) is 4.88 Å². The molecule has 0 aromatic carbocycles. The molecule has 0 bridgehead atoms. The van der Waals surface area contributed by atoms with Crippen LogP contribution in [-0.2, 0) is 0 Å². The van der Waals surface area contributed by atoms with Gasteiger partial charge in [0.2, 0.25) is 0 Å². The molecule has 1 amide bonds. The first-order valence-corrected chi connectivity index (χ1v) is 6.40. The monoisotopic (exact) mass is 267 g/mol. The van der Waals surface area contributed by atoms with E-state index in [-0.39, 0.29) is 10.8 Å². The van der Waals surface area contributed by atoms with E-state index in [0.717, 1.165) is 16.2 Å². The third-order valence-corrected chi connectivity index (χ3v) is 4.01. The summed E-state index contributed by atoms with van der Waals surface area (Å²) >= 11 is 2.45. The molecule has 0 radical (unpaired) electrons. The number of thiophene rings is 2. The van der Waals surface area contributed by atoms with Crippen LogP contribution in [-0.4, -0.2) is 17.0 Å². The molecule has 0 aliphatic heterocycles. The predicted molar refractivity (Wildman–Crippen MR) is 68.3 cm³/mol. The molecule has 2 aromatic rings. The van der Waals surface area contributed by atoms with Gasteiger partial charge < -0.3 is 10.4 Å². The number of aryl methyl sites for hydroxylation is 1. The lowest BCUT2D eigenvalue weighted by atomic mass is 10.4. The first kappa shape index (κ1) is 11.8. The van der Waals surface area contributed by atoms with Crippen molar-refractivity contribution in [2.75, 3.05) is 5.32 Å². The summed E-state index contributed by atoms with van der Waals surface area (Å²) in [5.74, 6) is -1.19. The van der Waals surface area contributed by atoms with Gasteiger partial charge in [-0.15, -0.1) is 22.7 Å². The fourth-order valence-electron chi connectivity index (χ4n) is 1.25. The summed E-state index contributed by atoms with van der Waals surface area (Å²) in [6.45, 7) is 1.93. The van der Waals surface area contributed by atoms with E-state index in [1.165, 1.54) is 17.4 Å². The zero-order valence-electron chi connectivity index (χ0n) is 8.89. The summed E-state index contributed by atoms with van der Waals surface area (Å²) in [5.41, 5.74) is 0. The third kappa shape index (κ3) is 2.72. The Hall–Kier alpha value is -1.66. The minimum atomic E-state index is -0.984. The van der Waals surface area contributed by atoms with Crippen molar-refractivity contribution in [1.29, 1.82) is 0 Å². The number of hydrogen-bond acceptors (Lipinski definition) is 4. The molecule has 0 fully saturated rings. The number of amides is 1. The van der Waals surface area contributed by atoms with E-state index in [1.807, 2.05) is 13.0 Å². The van der Waals surface area contributed by atoms with Crippen LogP contribution in [0.3, 0.4) is 0 Å². The number of carboxylic acid groups (broad SMARTS) is 1. The third-order valence-electron chi connectivity index (χ3n) is 2.02. The van der Waals surface area contributed by atoms with Crippen LogP contribution in [0.2, 0.25) is 0 Å². The predicted octanol–water partition coefficient (Wildman–Crippen LogP) is 3.07. The Kier molecular flexibility index (Phi) is 3.26. The van der Waals surface area contributed by atoms with Crippen LogP contribution in [0.15, 0.2) is 24.3 Å². The van der Waals surface area contributed by atoms with Gasteiger partial charge in [0, 0.05) is 4.88 Å². The maximum atomic E-state index is 11.8. The van der Waals surface area contributed by atoms with Crippen LogP contribution in [0, 0.1) is 6.92 Å². The number of hydrogen-bond donors (Lipinski definition) is 2. The van der Waals surface area contributed by atoms with Crippen molar-refractivity contribution in [3.05, 3.63) is 38.9 Å². The smallest absolute Gasteiger partial charge is 0.345 e. The molecular formula is C11H9NO3S2. The first-order valence-electron chi connectivity index (χ1n) is 4.77. The molecule has 0 atom stereocenters. The zero-order valence-corrected chi connectivity index (χ0v) is 10.5. The van der Waals surface area contributed by atoms with Gasteiger partial charge in [0.25, 0.3) is 5.91 Å². The van der Waals surface area contributed by atoms with Crippen LogP contribution >= 0.6 is 22.7 Å². The first-order chi connectivity index (χ1) is 8.06. The molecule has 4 nitrogen and oxygen atoms in total. The lowest BCUT2D eigenvalue weighted by Crippen LogP contribution is -2.08. The van der Waals surface area contributed by atoms with E-state index in [1.54, 1.807) is 12.1 Å². The molecule has 0 saturated heterocycles. The second-order valence-electron chi connectivity index (χ2n) is 3.33. The molecule has 6 heteroatoms. The number of rotatable bonds is 3. The molecule has 2 aromatic heterocycles. The lowest BCUT2D eigenvalue weighted by molar-refractivity contribution is 0.0702. The average molecular weight is 267 g/mol. The number of carboxylic acids is 1. The Morgan fingerprint density at radius 1 is 1.12 bits per heavy atom. The number of nitrogens with one attached hydrogen (secondary N) is 1. The van der Waals surface area contributed by atoms with Crippen molar-refractivity contribution >= 4 is 39.6 Å². The van der Waals surface area contributed by atoms with Crippen LogP contribution in [0.5, 0.6) is 0 Å². The maximum absolute atomic E-state index is 11.8. The Bertz CT molecular complexity index is 571. The molecular weight excluding hydrogens is 258 g/mol. The van der Waals surface area contributed by atoms with E-state index < -0.39 is 5.97 Å². The van der Waals surface area contributed by atoms with Gasteiger partial charge >= 0.3 is 5.97 Å². The van der Waals surface area contributed by atoms with Crippen LogP contribution in [0.1, 0.15) is 24.2 Å². The van der Waals surface area contributed by atoms with Gasteiger partial charge in [0.15, 0.2) is 0 Å². The minimum Gasteiger partial charge on any atom is -0.477 e. The van der Waals surface area contributed by atoms with Gasteiger partial charge in [-0.2, -0.15) is 0 Å². The molecule has 0 aliphatic rings. The van der Waals surface area contributed by atoms with Crippen molar-refractivity contribution in [2.45, 2.75) is 6.92 Å². The van der Waals surface area contributed by atoms with Gasteiger partial charge in [-0.3, -0.25) is 4.79 Å². The average Bonchev–Trinajstić information content (AvgIpc) is 2.86. The highest BCUT2D eigenvalue weighted by Gasteiger charge is 2.11. The van der Waals surface area contributed by atoms with Crippen molar-refractivity contribution in [3.63, 3.8) is 0 Å². The number of carbonyl (C=O) groups is 2. The quantitative estimate of drug-likeness (QED) is 0.898. The Morgan fingerprint density at radius 2 is 1.82 bits per heavy atom. The highest BCUT2D eigenvalue weighted by Crippen LogP contribution is 2.23. The second-order valence-corrected chi connectivity index (χ2v) is 5.71. The van der Waals surface area contributed by atoms with E-state index in [9.17, 15) is 9.59 Å². The second kappa shape index (κ2) is 4.68. The zero-order chi connectivity index (χ0) is 12.4. The summed E-state index contributed by atoms with van der Waals surface area (Å²) in [4.78, 5) is 24.3. The number of aromatic carboxylic acids is 1. The van der Waals surface area contributed by atoms with Crippen molar-refractivity contribution in [1.82, 2.24) is 0 Å². The van der Waals surface area contributed by atoms with E-state index >= 15 is 0 Å². The van der Waals surface area contributed by atoms with Gasteiger partial charge in [-0.1, -0.05) is 0 Å². The summed E-state index contributed by atoms with van der Waals surface area (Å²) < 4.78 is 0. The fourth-order valence-corrected chi connectivity index (χ4v) is 2.75. The van der Waals surface area contributed by atoms with Crippen molar-refractivity contribution in [3.8, 4) is 0 Å². The molecule has 0 unspecified atom stereocenters. The van der Waals surface area contributed by atoms with Crippen LogP contribution < -0.4 is 5.32 Å². The topological polar surface area (TPSA) is 66.4 Å². The maximum Gasteiger partial charge on any atom is 0.345 e. The van der Waals surface area contributed by atoms with Crippen molar-refractivity contribution < 1.29 is 14.7 Å². The SMILES string of the molecule is Cc1ccc(C(=O)Nc2ccc(C(=O)O)s2)s1. The fraction of sp³-hybridized carbons (Fsp3) is 0.0909. The largest absolute Gasteiger partial charge is 0.477 e. The van der Waals surface area contributed by atoms with E-state index in [0.29, 0.717) is 9.88 Å². The number of carbonyl (C=O) groups excluding carboxylic acids is 1. The van der Waals surface area contributed by atoms with Gasteiger partial charge in [0.05, 0.1) is 9.88 Å². The van der Waals surface area contributed by atoms with Gasteiger partial charge in [-0.25, -0.2) is 4.79 Å². The normalized spacial score (nSPS) is 10.2. The van der Waals surface area contributed by atoms with E-state index in [4.69, 9.17) is 5.11 Å². The molecule has 0 spiro atoms. The highest BCUT2D eigenvalue weighted by atomic mass is 32.1. The van der Waals surface area contributed by atoms with E-state index in [2.05, 4.69) is 5.32 Å². The molecule has 17 heavy (non-hydrogen) atoms. The Labute approximate surface area is 106 Å². The number of anilines is 1. The Morgan fingerprint density at radius 3 is 2.35 bits per heavy atom. The van der Waals surface area contributed by atoms with Crippen LogP contribution in [0.4, 0.5) is 5.00 Å². The Balaban J connectivity index is 2.10. The summed E-state index contributed by atoms with van der Waals surface area (Å²) in [6, 6.07) is 6.69. The highest BCUT2D eigenvalue weighted by molar-refractivity contribution is 7.18. The molecule has 88 valence electrons. The summed E-state index contributed by atoms with van der Waals surface area (Å²) in [6.07, 6.45) is 0. The summed E-state index contributed by atoms with van der Waals surface area (Å²) in [5, 5.41) is 12.0. The molecule has 2 rings (SSSR count). The standard InChI is InChI=1S/C11H9NO3S2/c1-6-2-3-7(16-6)10(13)12-9-5-4-8(17-9)11(14)15/h2-5H,1H3,(H,12,13)(H,14,15). The molecule has 2 heterocycles. The minimum absolute atomic E-state index is 0.207. The molecule has 0 aliphatic carbocycles.